The largest absolute Gasteiger partial charge is 0.207 e. The normalized spacial score (nSPS) is 12.4. The Balaban J connectivity index is 2.44. The summed E-state index contributed by atoms with van der Waals surface area (Å²) >= 11 is 5.80. The quantitative estimate of drug-likeness (QED) is 0.550. The molecule has 0 aliphatic carbocycles. The lowest BCUT2D eigenvalue weighted by molar-refractivity contribution is 0.617. The van der Waals surface area contributed by atoms with Crippen LogP contribution in [0.15, 0.2) is 66.2 Å². The summed E-state index contributed by atoms with van der Waals surface area (Å²) in [5.41, 5.74) is 2.84. The lowest BCUT2D eigenvalue weighted by Gasteiger charge is -2.08. The van der Waals surface area contributed by atoms with Crippen molar-refractivity contribution in [2.45, 2.75) is 13.8 Å². The van der Waals surface area contributed by atoms with E-state index >= 15 is 0 Å². The Morgan fingerprint density at radius 1 is 1.04 bits per heavy atom. The number of allylic oxidation sites excluding steroid dienone is 5. The van der Waals surface area contributed by atoms with Crippen molar-refractivity contribution in [1.29, 1.82) is 0 Å². The summed E-state index contributed by atoms with van der Waals surface area (Å²) in [6, 6.07) is 9.53. The molecule has 23 heavy (non-hydrogen) atoms. The first-order valence-electron chi connectivity index (χ1n) is 7.15. The van der Waals surface area contributed by atoms with Crippen molar-refractivity contribution in [2.75, 3.05) is 0 Å². The minimum absolute atomic E-state index is 0.347. The van der Waals surface area contributed by atoms with Gasteiger partial charge in [-0.2, -0.15) is 0 Å². The fourth-order valence-electron chi connectivity index (χ4n) is 2.18. The summed E-state index contributed by atoms with van der Waals surface area (Å²) in [4.78, 5) is 0. The Labute approximate surface area is 140 Å². The standard InChI is InChI=1S/C20H17ClF2/c1-4-15(8-6-14(3)21)16-9-10-18(20(23)11-16)17-7-5-13(2)19(22)12-17/h4-12H,1H2,2-3H3/b14-6+,15-8+. The van der Waals surface area contributed by atoms with Gasteiger partial charge in [-0.05, 0) is 54.3 Å². The molecular formula is C20H17ClF2. The third-order valence-corrected chi connectivity index (χ3v) is 3.62. The second-order valence-corrected chi connectivity index (χ2v) is 5.83. The summed E-state index contributed by atoms with van der Waals surface area (Å²) in [6.45, 7) is 7.17. The van der Waals surface area contributed by atoms with Crippen LogP contribution in [0, 0.1) is 18.6 Å². The number of rotatable bonds is 4. The van der Waals surface area contributed by atoms with Crippen molar-refractivity contribution in [3.8, 4) is 11.1 Å². The molecular weight excluding hydrogens is 314 g/mol. The molecule has 2 aromatic rings. The van der Waals surface area contributed by atoms with Crippen LogP contribution in [0.3, 0.4) is 0 Å². The zero-order valence-electron chi connectivity index (χ0n) is 13.0. The van der Waals surface area contributed by atoms with Crippen LogP contribution in [0.5, 0.6) is 0 Å². The molecule has 0 unspecified atom stereocenters. The molecule has 0 aliphatic heterocycles. The van der Waals surface area contributed by atoms with Gasteiger partial charge in [-0.3, -0.25) is 0 Å². The number of aryl methyl sites for hydroxylation is 1. The molecule has 0 radical (unpaired) electrons. The van der Waals surface area contributed by atoms with Gasteiger partial charge in [0.05, 0.1) is 0 Å². The number of hydrogen-bond acceptors (Lipinski definition) is 0. The molecule has 2 rings (SSSR count). The van der Waals surface area contributed by atoms with Gasteiger partial charge in [-0.25, -0.2) is 8.78 Å². The predicted molar refractivity (Wildman–Crippen MR) is 94.3 cm³/mol. The Hall–Kier alpha value is -2.19. The Morgan fingerprint density at radius 2 is 1.78 bits per heavy atom. The molecule has 0 nitrogen and oxygen atoms in total. The van der Waals surface area contributed by atoms with E-state index < -0.39 is 5.82 Å². The molecule has 0 saturated heterocycles. The first-order chi connectivity index (χ1) is 10.9. The topological polar surface area (TPSA) is 0 Å². The molecule has 118 valence electrons. The van der Waals surface area contributed by atoms with Gasteiger partial charge in [0.25, 0.3) is 0 Å². The maximum absolute atomic E-state index is 14.4. The minimum Gasteiger partial charge on any atom is -0.207 e. The van der Waals surface area contributed by atoms with E-state index in [0.717, 1.165) is 5.57 Å². The third-order valence-electron chi connectivity index (χ3n) is 3.50. The zero-order valence-corrected chi connectivity index (χ0v) is 13.8. The van der Waals surface area contributed by atoms with Crippen molar-refractivity contribution >= 4 is 17.2 Å². The van der Waals surface area contributed by atoms with Crippen LogP contribution in [0.4, 0.5) is 8.78 Å². The molecule has 0 fully saturated rings. The first kappa shape index (κ1) is 17.2. The summed E-state index contributed by atoms with van der Waals surface area (Å²) in [6.07, 6.45) is 5.13. The van der Waals surface area contributed by atoms with Gasteiger partial charge in [-0.15, -0.1) is 0 Å². The average molecular weight is 331 g/mol. The number of hydrogen-bond donors (Lipinski definition) is 0. The van der Waals surface area contributed by atoms with E-state index in [9.17, 15) is 8.78 Å². The molecule has 0 aromatic heterocycles. The van der Waals surface area contributed by atoms with Crippen LogP contribution in [0.25, 0.3) is 16.7 Å². The fraction of sp³-hybridized carbons (Fsp3) is 0.100. The number of halogens is 3. The van der Waals surface area contributed by atoms with E-state index in [4.69, 9.17) is 11.6 Å². The van der Waals surface area contributed by atoms with Gasteiger partial charge in [-0.1, -0.05) is 54.6 Å². The maximum atomic E-state index is 14.4. The molecule has 0 aliphatic rings. The summed E-state index contributed by atoms with van der Waals surface area (Å²) < 4.78 is 28.1. The summed E-state index contributed by atoms with van der Waals surface area (Å²) in [7, 11) is 0. The fourth-order valence-corrected chi connectivity index (χ4v) is 2.24. The summed E-state index contributed by atoms with van der Waals surface area (Å²) in [5.74, 6) is -0.759. The van der Waals surface area contributed by atoms with Crippen LogP contribution in [-0.4, -0.2) is 0 Å². The van der Waals surface area contributed by atoms with Crippen molar-refractivity contribution < 1.29 is 8.78 Å². The molecule has 2 aromatic carbocycles. The highest BCUT2D eigenvalue weighted by atomic mass is 35.5. The second kappa shape index (κ2) is 7.38. The molecule has 0 heterocycles. The third kappa shape index (κ3) is 4.17. The van der Waals surface area contributed by atoms with E-state index in [-0.39, 0.29) is 5.82 Å². The second-order valence-electron chi connectivity index (χ2n) is 5.24. The molecule has 0 amide bonds. The smallest absolute Gasteiger partial charge is 0.131 e. The highest BCUT2D eigenvalue weighted by Gasteiger charge is 2.09. The Kier molecular flexibility index (Phi) is 5.51. The average Bonchev–Trinajstić information content (AvgIpc) is 2.51. The van der Waals surface area contributed by atoms with Crippen molar-refractivity contribution in [3.63, 3.8) is 0 Å². The SMILES string of the molecule is C=C/C(=C\C=C(/C)Cl)c1ccc(-c2ccc(C)c(F)c2)c(F)c1. The van der Waals surface area contributed by atoms with E-state index in [1.807, 2.05) is 0 Å². The van der Waals surface area contributed by atoms with Gasteiger partial charge in [0.2, 0.25) is 0 Å². The van der Waals surface area contributed by atoms with Crippen LogP contribution < -0.4 is 0 Å². The first-order valence-corrected chi connectivity index (χ1v) is 7.53. The van der Waals surface area contributed by atoms with Crippen LogP contribution in [-0.2, 0) is 0 Å². The minimum atomic E-state index is -0.412. The Bertz CT molecular complexity index is 797. The van der Waals surface area contributed by atoms with Crippen molar-refractivity contribution in [2.24, 2.45) is 0 Å². The molecule has 0 N–H and O–H groups in total. The Morgan fingerprint density at radius 3 is 2.35 bits per heavy atom. The van der Waals surface area contributed by atoms with Gasteiger partial charge in [0.15, 0.2) is 0 Å². The van der Waals surface area contributed by atoms with Crippen LogP contribution in [0.1, 0.15) is 18.1 Å². The van der Waals surface area contributed by atoms with Gasteiger partial charge < -0.3 is 0 Å². The molecule has 0 bridgehead atoms. The number of benzene rings is 2. The van der Waals surface area contributed by atoms with E-state index in [0.29, 0.717) is 27.3 Å². The zero-order chi connectivity index (χ0) is 17.0. The van der Waals surface area contributed by atoms with E-state index in [1.165, 1.54) is 12.1 Å². The van der Waals surface area contributed by atoms with Crippen molar-refractivity contribution in [1.82, 2.24) is 0 Å². The van der Waals surface area contributed by atoms with Gasteiger partial charge >= 0.3 is 0 Å². The summed E-state index contributed by atoms with van der Waals surface area (Å²) in [5, 5.41) is 0.622. The van der Waals surface area contributed by atoms with Gasteiger partial charge in [0, 0.05) is 10.6 Å². The van der Waals surface area contributed by atoms with E-state index in [1.54, 1.807) is 56.3 Å². The van der Waals surface area contributed by atoms with Crippen LogP contribution >= 0.6 is 11.6 Å². The van der Waals surface area contributed by atoms with E-state index in [2.05, 4.69) is 6.58 Å². The lowest BCUT2D eigenvalue weighted by atomic mass is 9.98. The molecule has 0 atom stereocenters. The molecule has 0 saturated carbocycles. The monoisotopic (exact) mass is 330 g/mol. The van der Waals surface area contributed by atoms with Gasteiger partial charge in [0.1, 0.15) is 11.6 Å². The maximum Gasteiger partial charge on any atom is 0.131 e. The van der Waals surface area contributed by atoms with Crippen LogP contribution in [0.2, 0.25) is 0 Å². The highest BCUT2D eigenvalue weighted by molar-refractivity contribution is 6.29. The molecule has 0 spiro atoms. The lowest BCUT2D eigenvalue weighted by Crippen LogP contribution is -1.90. The highest BCUT2D eigenvalue weighted by Crippen LogP contribution is 2.28. The van der Waals surface area contributed by atoms with Crippen molar-refractivity contribution in [3.05, 3.63) is 89.0 Å². The molecule has 3 heteroatoms. The predicted octanol–water partition coefficient (Wildman–Crippen LogP) is 6.65.